The average molecular weight is 352 g/mol. The van der Waals surface area contributed by atoms with Gasteiger partial charge in [-0.3, -0.25) is 14.5 Å². The molecule has 3 heterocycles. The number of rotatable bonds is 3. The van der Waals surface area contributed by atoms with Gasteiger partial charge in [0.15, 0.2) is 5.78 Å². The molecule has 0 spiro atoms. The van der Waals surface area contributed by atoms with E-state index in [-0.39, 0.29) is 24.0 Å². The van der Waals surface area contributed by atoms with Gasteiger partial charge in [0.25, 0.3) is 0 Å². The topological polar surface area (TPSA) is 79.5 Å². The summed E-state index contributed by atoms with van der Waals surface area (Å²) < 4.78 is 4.94. The lowest BCUT2D eigenvalue weighted by Crippen LogP contribution is -2.46. The lowest BCUT2D eigenvalue weighted by Gasteiger charge is -2.33. The zero-order valence-electron chi connectivity index (χ0n) is 15.0. The van der Waals surface area contributed by atoms with Crippen LogP contribution < -0.4 is 0 Å². The van der Waals surface area contributed by atoms with Gasteiger partial charge in [-0.25, -0.2) is 4.79 Å². The van der Waals surface area contributed by atoms with Crippen LogP contribution >= 0.6 is 0 Å². The first kappa shape index (κ1) is 16.6. The summed E-state index contributed by atoms with van der Waals surface area (Å²) in [7, 11) is 1.32. The van der Waals surface area contributed by atoms with Crippen molar-refractivity contribution in [1.29, 1.82) is 0 Å². The smallest absolute Gasteiger partial charge is 0.329 e. The summed E-state index contributed by atoms with van der Waals surface area (Å²) >= 11 is 0. The van der Waals surface area contributed by atoms with Crippen molar-refractivity contribution in [2.24, 2.45) is 5.92 Å². The number of aromatic amines is 1. The number of aromatic nitrogens is 1. The minimum Gasteiger partial charge on any atom is -0.467 e. The summed E-state index contributed by atoms with van der Waals surface area (Å²) in [5.74, 6) is -0.990. The fraction of sp³-hybridized carbons (Fsp3) is 0.350. The van der Waals surface area contributed by atoms with E-state index in [4.69, 9.17) is 4.74 Å². The Bertz CT molecular complexity index is 983. The predicted octanol–water partition coefficient (Wildman–Crippen LogP) is 2.43. The molecule has 1 amide bonds. The number of carbonyl (C=O) groups excluding carboxylic acids is 3. The summed E-state index contributed by atoms with van der Waals surface area (Å²) in [6, 6.07) is 7.05. The highest BCUT2D eigenvalue weighted by atomic mass is 16.5. The molecule has 0 aliphatic carbocycles. The molecule has 134 valence electrons. The first-order chi connectivity index (χ1) is 12.4. The Morgan fingerprint density at radius 3 is 2.69 bits per heavy atom. The van der Waals surface area contributed by atoms with Gasteiger partial charge in [0.2, 0.25) is 5.91 Å². The highest BCUT2D eigenvalue weighted by Gasteiger charge is 2.46. The van der Waals surface area contributed by atoms with Gasteiger partial charge in [0, 0.05) is 28.8 Å². The molecule has 26 heavy (non-hydrogen) atoms. The third-order valence-corrected chi connectivity index (χ3v) is 5.18. The Balaban J connectivity index is 2.01. The number of para-hydroxylation sites is 1. The average Bonchev–Trinajstić information content (AvgIpc) is 3.17. The number of benzene rings is 1. The quantitative estimate of drug-likeness (QED) is 0.861. The number of esters is 1. The number of nitrogens with one attached hydrogen (secondary N) is 1. The number of carbonyl (C=O) groups is 3. The summed E-state index contributed by atoms with van der Waals surface area (Å²) in [4.78, 5) is 42.7. The highest BCUT2D eigenvalue weighted by Crippen LogP contribution is 2.43. The van der Waals surface area contributed by atoms with Crippen molar-refractivity contribution in [1.82, 2.24) is 9.88 Å². The van der Waals surface area contributed by atoms with E-state index in [0.717, 1.165) is 22.2 Å². The number of Topliss-reactive ketones (excluding diaryl/α,β-unsaturated/α-hetero) is 1. The number of ketones is 1. The lowest BCUT2D eigenvalue weighted by atomic mass is 9.92. The van der Waals surface area contributed by atoms with Gasteiger partial charge in [0.1, 0.15) is 6.04 Å². The van der Waals surface area contributed by atoms with E-state index in [2.05, 4.69) is 4.98 Å². The van der Waals surface area contributed by atoms with Crippen molar-refractivity contribution >= 4 is 34.3 Å². The SMILES string of the molecule is COC(=O)[C@@H]1Cc2c([nH]c3ccccc23)C2=C(C(=O)C(C)C)CC(=O)N21. The molecule has 1 atom stereocenters. The molecular weight excluding hydrogens is 332 g/mol. The molecule has 6 nitrogen and oxygen atoms in total. The largest absolute Gasteiger partial charge is 0.467 e. The number of nitrogens with zero attached hydrogens (tertiary/aromatic N) is 1. The molecule has 1 N–H and O–H groups in total. The second-order valence-corrected chi connectivity index (χ2v) is 7.05. The molecule has 2 aromatic rings. The highest BCUT2D eigenvalue weighted by molar-refractivity contribution is 6.15. The van der Waals surface area contributed by atoms with Crippen molar-refractivity contribution < 1.29 is 19.1 Å². The predicted molar refractivity (Wildman–Crippen MR) is 96.0 cm³/mol. The maximum atomic E-state index is 12.7. The fourth-order valence-corrected chi connectivity index (χ4v) is 3.97. The summed E-state index contributed by atoms with van der Waals surface area (Å²) in [6.07, 6.45) is 0.388. The van der Waals surface area contributed by atoms with Crippen LogP contribution in [0.4, 0.5) is 0 Å². The third kappa shape index (κ3) is 2.21. The molecular formula is C20H20N2O4. The van der Waals surface area contributed by atoms with Crippen LogP contribution in [0.25, 0.3) is 16.6 Å². The second-order valence-electron chi connectivity index (χ2n) is 7.05. The lowest BCUT2D eigenvalue weighted by molar-refractivity contribution is -0.149. The molecule has 2 aliphatic heterocycles. The van der Waals surface area contributed by atoms with Crippen molar-refractivity contribution in [3.63, 3.8) is 0 Å². The minimum atomic E-state index is -0.744. The Morgan fingerprint density at radius 1 is 1.27 bits per heavy atom. The van der Waals surface area contributed by atoms with E-state index in [1.807, 2.05) is 38.1 Å². The Hall–Kier alpha value is -2.89. The maximum absolute atomic E-state index is 12.7. The van der Waals surface area contributed by atoms with Crippen LogP contribution in [-0.4, -0.2) is 40.7 Å². The molecule has 1 aromatic carbocycles. The van der Waals surface area contributed by atoms with Gasteiger partial charge in [-0.2, -0.15) is 0 Å². The molecule has 0 fully saturated rings. The van der Waals surface area contributed by atoms with Crippen LogP contribution in [-0.2, 0) is 25.5 Å². The standard InChI is InChI=1S/C20H20N2O4/c1-10(2)19(24)13-9-16(23)22-15(20(25)26-3)8-12-11-6-4-5-7-14(11)21-17(12)18(13)22/h4-7,10,15,21H,8-9H2,1-3H3/t15-/m0/s1. The molecule has 0 unspecified atom stereocenters. The summed E-state index contributed by atoms with van der Waals surface area (Å²) in [5, 5.41) is 0.999. The Labute approximate surface area is 150 Å². The van der Waals surface area contributed by atoms with E-state index in [9.17, 15) is 14.4 Å². The number of methoxy groups -OCH3 is 1. The van der Waals surface area contributed by atoms with Crippen LogP contribution in [0, 0.1) is 5.92 Å². The third-order valence-electron chi connectivity index (χ3n) is 5.18. The molecule has 0 saturated carbocycles. The number of amides is 1. The number of hydrogen-bond acceptors (Lipinski definition) is 4. The second kappa shape index (κ2) is 5.83. The van der Waals surface area contributed by atoms with E-state index in [1.54, 1.807) is 0 Å². The molecule has 0 saturated heterocycles. The van der Waals surface area contributed by atoms with Crippen molar-refractivity contribution in [2.75, 3.05) is 7.11 Å². The maximum Gasteiger partial charge on any atom is 0.329 e. The summed E-state index contributed by atoms with van der Waals surface area (Å²) in [5.41, 5.74) is 3.66. The van der Waals surface area contributed by atoms with E-state index >= 15 is 0 Å². The number of H-pyrrole nitrogens is 1. The van der Waals surface area contributed by atoms with Crippen LogP contribution in [0.5, 0.6) is 0 Å². The number of hydrogen-bond donors (Lipinski definition) is 1. The molecule has 0 bridgehead atoms. The van der Waals surface area contributed by atoms with E-state index < -0.39 is 12.0 Å². The van der Waals surface area contributed by atoms with Gasteiger partial charge < -0.3 is 9.72 Å². The number of fused-ring (bicyclic) bond motifs is 5. The van der Waals surface area contributed by atoms with E-state index in [1.165, 1.54) is 12.0 Å². The summed E-state index contributed by atoms with van der Waals surface area (Å²) in [6.45, 7) is 3.63. The number of ether oxygens (including phenoxy) is 1. The zero-order chi connectivity index (χ0) is 18.6. The van der Waals surface area contributed by atoms with E-state index in [0.29, 0.717) is 17.7 Å². The van der Waals surface area contributed by atoms with Gasteiger partial charge >= 0.3 is 5.97 Å². The normalized spacial score (nSPS) is 19.2. The molecule has 2 aliphatic rings. The molecule has 6 heteroatoms. The van der Waals surface area contributed by atoms with Crippen molar-refractivity contribution in [2.45, 2.75) is 32.7 Å². The molecule has 1 aromatic heterocycles. The fourth-order valence-electron chi connectivity index (χ4n) is 3.97. The minimum absolute atomic E-state index is 0.0225. The van der Waals surface area contributed by atoms with Crippen LogP contribution in [0.3, 0.4) is 0 Å². The first-order valence-corrected chi connectivity index (χ1v) is 8.71. The van der Waals surface area contributed by atoms with Gasteiger partial charge in [0.05, 0.1) is 24.9 Å². The first-order valence-electron chi connectivity index (χ1n) is 8.71. The van der Waals surface area contributed by atoms with Gasteiger partial charge in [-0.05, 0) is 11.6 Å². The zero-order valence-corrected chi connectivity index (χ0v) is 15.0. The van der Waals surface area contributed by atoms with Crippen LogP contribution in [0.15, 0.2) is 29.8 Å². The van der Waals surface area contributed by atoms with Crippen molar-refractivity contribution in [3.8, 4) is 0 Å². The van der Waals surface area contributed by atoms with Gasteiger partial charge in [-0.1, -0.05) is 32.0 Å². The van der Waals surface area contributed by atoms with Crippen LogP contribution in [0.1, 0.15) is 31.5 Å². The monoisotopic (exact) mass is 352 g/mol. The Kier molecular flexibility index (Phi) is 3.72. The van der Waals surface area contributed by atoms with Crippen molar-refractivity contribution in [3.05, 3.63) is 41.1 Å². The molecule has 0 radical (unpaired) electrons. The van der Waals surface area contributed by atoms with Gasteiger partial charge in [-0.15, -0.1) is 0 Å². The van der Waals surface area contributed by atoms with Crippen LogP contribution in [0.2, 0.25) is 0 Å². The Morgan fingerprint density at radius 2 is 2.00 bits per heavy atom. The molecule has 4 rings (SSSR count).